The molecule has 8 heteroatoms. The van der Waals surface area contributed by atoms with Crippen molar-refractivity contribution in [1.82, 2.24) is 10.6 Å². The lowest BCUT2D eigenvalue weighted by Gasteiger charge is -2.14. The number of Topliss-reactive ketones (excluding diaryl/α,β-unsaturated/α-hetero) is 1. The molecule has 116 valence electrons. The van der Waals surface area contributed by atoms with Crippen LogP contribution in [-0.4, -0.2) is 23.3 Å². The van der Waals surface area contributed by atoms with Crippen LogP contribution in [0.4, 0.5) is 10.5 Å². The molecule has 1 aliphatic heterocycles. The molecule has 2 N–H and O–H groups in total. The van der Waals surface area contributed by atoms with Gasteiger partial charge in [0.05, 0.1) is 17.1 Å². The number of hydrogen-bond donors (Lipinski definition) is 2. The Hall–Kier alpha value is -2.90. The Kier molecular flexibility index (Phi) is 4.40. The van der Waals surface area contributed by atoms with E-state index >= 15 is 0 Å². The van der Waals surface area contributed by atoms with E-state index < -0.39 is 17.0 Å². The normalized spacial score (nSPS) is 18.4. The maximum Gasteiger partial charge on any atom is 0.322 e. The number of urea groups is 1. The van der Waals surface area contributed by atoms with Gasteiger partial charge in [-0.3, -0.25) is 20.2 Å². The van der Waals surface area contributed by atoms with E-state index in [2.05, 4.69) is 10.6 Å². The number of hydrogen-bond acceptors (Lipinski definition) is 5. The minimum atomic E-state index is -1.00. The summed E-state index contributed by atoms with van der Waals surface area (Å²) in [7, 11) is 0. The molecule has 0 aliphatic carbocycles. The van der Waals surface area contributed by atoms with Crippen LogP contribution in [0.2, 0.25) is 0 Å². The number of nitro groups is 1. The van der Waals surface area contributed by atoms with Crippen LogP contribution < -0.4 is 10.6 Å². The minimum Gasteiger partial charge on any atom is -0.479 e. The van der Waals surface area contributed by atoms with Gasteiger partial charge in [-0.1, -0.05) is 12.1 Å². The van der Waals surface area contributed by atoms with Crippen molar-refractivity contribution in [2.75, 3.05) is 6.61 Å². The number of ether oxygens (including phenoxy) is 1. The maximum absolute atomic E-state index is 12.5. The van der Waals surface area contributed by atoms with Gasteiger partial charge in [-0.25, -0.2) is 4.79 Å². The number of nitro benzene ring substituents is 1. The zero-order valence-electron chi connectivity index (χ0n) is 12.1. The van der Waals surface area contributed by atoms with Gasteiger partial charge in [0, 0.05) is 12.1 Å². The van der Waals surface area contributed by atoms with Crippen molar-refractivity contribution in [2.45, 2.75) is 19.9 Å². The van der Waals surface area contributed by atoms with E-state index in [1.54, 1.807) is 13.0 Å². The van der Waals surface area contributed by atoms with Crippen molar-refractivity contribution >= 4 is 17.5 Å². The molecule has 8 nitrogen and oxygen atoms in total. The summed E-state index contributed by atoms with van der Waals surface area (Å²) in [6.45, 7) is 3.56. The summed E-state index contributed by atoms with van der Waals surface area (Å²) >= 11 is 0. The smallest absolute Gasteiger partial charge is 0.322 e. The summed E-state index contributed by atoms with van der Waals surface area (Å²) in [5.74, 6) is -0.291. The number of benzene rings is 1. The SMILES string of the molecule is CCOC1=C(C)C(=O)C(c2cccc([N+](=O)[O-])c2)NC(=O)N1. The third-order valence-corrected chi connectivity index (χ3v) is 3.18. The second kappa shape index (κ2) is 6.25. The molecule has 1 atom stereocenters. The molecule has 0 saturated heterocycles. The number of nitrogens with zero attached hydrogens (tertiary/aromatic N) is 1. The predicted molar refractivity (Wildman–Crippen MR) is 76.8 cm³/mol. The van der Waals surface area contributed by atoms with Gasteiger partial charge >= 0.3 is 6.03 Å². The molecule has 1 heterocycles. The van der Waals surface area contributed by atoms with Crippen LogP contribution >= 0.6 is 0 Å². The van der Waals surface area contributed by atoms with E-state index in [-0.39, 0.29) is 22.9 Å². The number of rotatable bonds is 4. The van der Waals surface area contributed by atoms with Crippen LogP contribution in [0.3, 0.4) is 0 Å². The predicted octanol–water partition coefficient (Wildman–Crippen LogP) is 1.79. The Morgan fingerprint density at radius 1 is 1.36 bits per heavy atom. The topological polar surface area (TPSA) is 111 Å². The first kappa shape index (κ1) is 15.5. The van der Waals surface area contributed by atoms with E-state index in [1.165, 1.54) is 25.1 Å². The van der Waals surface area contributed by atoms with Gasteiger partial charge in [-0.05, 0) is 19.4 Å². The van der Waals surface area contributed by atoms with Crippen LogP contribution in [0.25, 0.3) is 0 Å². The largest absolute Gasteiger partial charge is 0.479 e. The lowest BCUT2D eigenvalue weighted by atomic mass is 9.98. The second-order valence-corrected chi connectivity index (χ2v) is 4.63. The Labute approximate surface area is 126 Å². The van der Waals surface area contributed by atoms with Gasteiger partial charge in [-0.2, -0.15) is 0 Å². The fraction of sp³-hybridized carbons (Fsp3) is 0.286. The summed E-state index contributed by atoms with van der Waals surface area (Å²) in [5.41, 5.74) is 0.437. The molecule has 0 bridgehead atoms. The van der Waals surface area contributed by atoms with Crippen molar-refractivity contribution < 1.29 is 19.2 Å². The molecule has 0 radical (unpaired) electrons. The van der Waals surface area contributed by atoms with E-state index in [0.29, 0.717) is 12.2 Å². The first-order valence-corrected chi connectivity index (χ1v) is 6.63. The Bertz CT molecular complexity index is 668. The molecule has 1 aromatic carbocycles. The molecule has 2 rings (SSSR count). The summed E-state index contributed by atoms with van der Waals surface area (Å²) in [5, 5.41) is 15.8. The van der Waals surface area contributed by atoms with Crippen LogP contribution in [0.15, 0.2) is 35.7 Å². The number of amides is 2. The van der Waals surface area contributed by atoms with Crippen LogP contribution in [0, 0.1) is 10.1 Å². The van der Waals surface area contributed by atoms with E-state index in [9.17, 15) is 19.7 Å². The van der Waals surface area contributed by atoms with Crippen LogP contribution in [0.1, 0.15) is 25.5 Å². The average molecular weight is 305 g/mol. The van der Waals surface area contributed by atoms with Crippen LogP contribution in [-0.2, 0) is 9.53 Å². The number of carbonyl (C=O) groups excluding carboxylic acids is 2. The zero-order valence-corrected chi connectivity index (χ0v) is 12.1. The van der Waals surface area contributed by atoms with Gasteiger partial charge < -0.3 is 10.1 Å². The lowest BCUT2D eigenvalue weighted by molar-refractivity contribution is -0.384. The van der Waals surface area contributed by atoms with Crippen molar-refractivity contribution in [3.05, 3.63) is 51.4 Å². The standard InChI is InChI=1S/C14H15N3O5/c1-3-22-13-8(2)12(18)11(15-14(19)16-13)9-5-4-6-10(7-9)17(20)21/h4-7,11H,3H2,1-2H3,(H2,15,16,19). The highest BCUT2D eigenvalue weighted by Crippen LogP contribution is 2.24. The molecule has 1 aliphatic rings. The van der Waals surface area contributed by atoms with Crippen molar-refractivity contribution in [2.24, 2.45) is 0 Å². The Morgan fingerprint density at radius 2 is 2.09 bits per heavy atom. The lowest BCUT2D eigenvalue weighted by Crippen LogP contribution is -2.37. The summed E-state index contributed by atoms with van der Waals surface area (Å²) < 4.78 is 5.24. The first-order valence-electron chi connectivity index (χ1n) is 6.63. The molecular weight excluding hydrogens is 290 g/mol. The molecule has 0 spiro atoms. The number of non-ortho nitro benzene ring substituents is 1. The Morgan fingerprint density at radius 3 is 2.73 bits per heavy atom. The monoisotopic (exact) mass is 305 g/mol. The molecule has 0 aromatic heterocycles. The highest BCUT2D eigenvalue weighted by atomic mass is 16.6. The first-order chi connectivity index (χ1) is 10.4. The molecular formula is C14H15N3O5. The molecule has 1 unspecified atom stereocenters. The summed E-state index contributed by atoms with van der Waals surface area (Å²) in [6, 6.07) is 3.99. The second-order valence-electron chi connectivity index (χ2n) is 4.63. The number of carbonyl (C=O) groups is 2. The van der Waals surface area contributed by atoms with Gasteiger partial charge in [0.15, 0.2) is 5.78 Å². The van der Waals surface area contributed by atoms with Gasteiger partial charge in [-0.15, -0.1) is 0 Å². The van der Waals surface area contributed by atoms with E-state index in [4.69, 9.17) is 4.74 Å². The Balaban J connectivity index is 2.42. The molecule has 22 heavy (non-hydrogen) atoms. The maximum atomic E-state index is 12.5. The number of ketones is 1. The fourth-order valence-corrected chi connectivity index (χ4v) is 2.10. The van der Waals surface area contributed by atoms with Crippen molar-refractivity contribution in [3.8, 4) is 0 Å². The van der Waals surface area contributed by atoms with Crippen molar-refractivity contribution in [1.29, 1.82) is 0 Å². The van der Waals surface area contributed by atoms with Gasteiger partial charge in [0.2, 0.25) is 5.88 Å². The molecule has 0 fully saturated rings. The van der Waals surface area contributed by atoms with Gasteiger partial charge in [0.25, 0.3) is 5.69 Å². The molecule has 1 aromatic rings. The third kappa shape index (κ3) is 3.05. The fourth-order valence-electron chi connectivity index (χ4n) is 2.10. The van der Waals surface area contributed by atoms with Crippen molar-refractivity contribution in [3.63, 3.8) is 0 Å². The third-order valence-electron chi connectivity index (χ3n) is 3.18. The quantitative estimate of drug-likeness (QED) is 0.650. The van der Waals surface area contributed by atoms with Crippen LogP contribution in [0.5, 0.6) is 0 Å². The molecule has 2 amide bonds. The van der Waals surface area contributed by atoms with Gasteiger partial charge in [0.1, 0.15) is 6.04 Å². The number of nitrogens with one attached hydrogen (secondary N) is 2. The van der Waals surface area contributed by atoms with E-state index in [0.717, 1.165) is 0 Å². The molecule has 0 saturated carbocycles. The average Bonchev–Trinajstić information content (AvgIpc) is 2.60. The zero-order chi connectivity index (χ0) is 16.3. The minimum absolute atomic E-state index is 0.0953. The summed E-state index contributed by atoms with van der Waals surface area (Å²) in [6.07, 6.45) is 0. The highest BCUT2D eigenvalue weighted by molar-refractivity contribution is 6.03. The summed E-state index contributed by atoms with van der Waals surface area (Å²) in [4.78, 5) is 34.6. The van der Waals surface area contributed by atoms with E-state index in [1.807, 2.05) is 0 Å². The highest BCUT2D eigenvalue weighted by Gasteiger charge is 2.31.